The Morgan fingerprint density at radius 3 is 1.72 bits per heavy atom. The van der Waals surface area contributed by atoms with Gasteiger partial charge in [-0.25, -0.2) is 0 Å². The van der Waals surface area contributed by atoms with Gasteiger partial charge in [-0.15, -0.1) is 0 Å². The first-order valence-corrected chi connectivity index (χ1v) is 5.82. The summed E-state index contributed by atoms with van der Waals surface area (Å²) in [6.45, 7) is 1.77. The molecule has 18 heavy (non-hydrogen) atoms. The second-order valence-electron chi connectivity index (χ2n) is 4.03. The maximum Gasteiger partial charge on any atom is 0.0771 e. The molecule has 2 heteroatoms. The Morgan fingerprint density at radius 1 is 0.889 bits per heavy atom. The van der Waals surface area contributed by atoms with E-state index in [4.69, 9.17) is 5.21 Å². The third kappa shape index (κ3) is 2.86. The fourth-order valence-electron chi connectivity index (χ4n) is 1.81. The molecule has 2 nitrogen and oxygen atoms in total. The van der Waals surface area contributed by atoms with E-state index in [0.29, 0.717) is 5.71 Å². The predicted molar refractivity (Wildman–Crippen MR) is 74.9 cm³/mol. The zero-order valence-corrected chi connectivity index (χ0v) is 10.2. The third-order valence-electron chi connectivity index (χ3n) is 2.68. The molecular formula is C16H15NO. The van der Waals surface area contributed by atoms with Crippen LogP contribution in [-0.4, -0.2) is 10.9 Å². The van der Waals surface area contributed by atoms with Gasteiger partial charge in [0, 0.05) is 0 Å². The first-order chi connectivity index (χ1) is 8.81. The number of hydrogen-bond donors (Lipinski definition) is 1. The maximum absolute atomic E-state index is 8.82. The van der Waals surface area contributed by atoms with Crippen LogP contribution in [0.5, 0.6) is 0 Å². The Morgan fingerprint density at radius 2 is 1.33 bits per heavy atom. The highest BCUT2D eigenvalue weighted by molar-refractivity contribution is 6.02. The van der Waals surface area contributed by atoms with Crippen LogP contribution in [0.3, 0.4) is 0 Å². The summed E-state index contributed by atoms with van der Waals surface area (Å²) in [5.41, 5.74) is 3.84. The molecule has 0 aliphatic heterocycles. The van der Waals surface area contributed by atoms with Crippen LogP contribution in [0.2, 0.25) is 0 Å². The van der Waals surface area contributed by atoms with Crippen molar-refractivity contribution in [1.29, 1.82) is 0 Å². The highest BCUT2D eigenvalue weighted by Crippen LogP contribution is 2.23. The van der Waals surface area contributed by atoms with Gasteiger partial charge in [-0.2, -0.15) is 0 Å². The summed E-state index contributed by atoms with van der Waals surface area (Å²) in [5, 5.41) is 12.0. The van der Waals surface area contributed by atoms with Gasteiger partial charge in [-0.3, -0.25) is 0 Å². The Balaban J connectivity index is 2.52. The van der Waals surface area contributed by atoms with Gasteiger partial charge in [-0.1, -0.05) is 65.8 Å². The van der Waals surface area contributed by atoms with Crippen LogP contribution < -0.4 is 0 Å². The van der Waals surface area contributed by atoms with Crippen molar-refractivity contribution < 1.29 is 5.21 Å². The first-order valence-electron chi connectivity index (χ1n) is 5.82. The monoisotopic (exact) mass is 237 g/mol. The highest BCUT2D eigenvalue weighted by atomic mass is 16.4. The normalized spacial score (nSPS) is 11.1. The molecule has 0 bridgehead atoms. The van der Waals surface area contributed by atoms with E-state index in [2.05, 4.69) is 5.16 Å². The molecule has 90 valence electrons. The minimum atomic E-state index is 0.581. The lowest BCUT2D eigenvalue weighted by molar-refractivity contribution is 0.319. The van der Waals surface area contributed by atoms with Gasteiger partial charge in [0.1, 0.15) is 0 Å². The number of hydrogen-bond acceptors (Lipinski definition) is 2. The van der Waals surface area contributed by atoms with Crippen molar-refractivity contribution in [2.75, 3.05) is 0 Å². The molecule has 0 aliphatic rings. The standard InChI is InChI=1S/C16H15NO/c1-13(17-18)12-16(14-8-4-2-5-9-14)15-10-6-3-7-11-15/h2-12,18H,1H3/b17-13+. The van der Waals surface area contributed by atoms with Crippen molar-refractivity contribution in [3.8, 4) is 0 Å². The summed E-state index contributed by atoms with van der Waals surface area (Å²) >= 11 is 0. The summed E-state index contributed by atoms with van der Waals surface area (Å²) in [6, 6.07) is 20.1. The molecule has 1 N–H and O–H groups in total. The maximum atomic E-state index is 8.82. The molecule has 0 aromatic heterocycles. The molecule has 0 aliphatic carbocycles. The van der Waals surface area contributed by atoms with Gasteiger partial charge in [0.25, 0.3) is 0 Å². The molecule has 0 saturated carbocycles. The summed E-state index contributed by atoms with van der Waals surface area (Å²) in [7, 11) is 0. The minimum absolute atomic E-state index is 0.581. The minimum Gasteiger partial charge on any atom is -0.411 e. The molecular weight excluding hydrogens is 222 g/mol. The Labute approximate surface area is 107 Å². The van der Waals surface area contributed by atoms with E-state index in [0.717, 1.165) is 16.7 Å². The molecule has 0 spiro atoms. The molecule has 0 unspecified atom stereocenters. The van der Waals surface area contributed by atoms with E-state index >= 15 is 0 Å². The van der Waals surface area contributed by atoms with Crippen LogP contribution >= 0.6 is 0 Å². The lowest BCUT2D eigenvalue weighted by Crippen LogP contribution is -1.92. The third-order valence-corrected chi connectivity index (χ3v) is 2.68. The summed E-state index contributed by atoms with van der Waals surface area (Å²) in [6.07, 6.45) is 1.88. The van der Waals surface area contributed by atoms with E-state index < -0.39 is 0 Å². The Kier molecular flexibility index (Phi) is 3.92. The summed E-state index contributed by atoms with van der Waals surface area (Å²) < 4.78 is 0. The number of allylic oxidation sites excluding steroid dienone is 1. The number of rotatable bonds is 3. The number of nitrogens with zero attached hydrogens (tertiary/aromatic N) is 1. The van der Waals surface area contributed by atoms with Gasteiger partial charge in [0.2, 0.25) is 0 Å². The van der Waals surface area contributed by atoms with Crippen LogP contribution in [0.15, 0.2) is 71.9 Å². The Bertz CT molecular complexity index is 515. The van der Waals surface area contributed by atoms with E-state index in [9.17, 15) is 0 Å². The van der Waals surface area contributed by atoms with Crippen molar-refractivity contribution in [2.24, 2.45) is 5.16 Å². The molecule has 2 aromatic carbocycles. The van der Waals surface area contributed by atoms with Crippen LogP contribution in [0.4, 0.5) is 0 Å². The van der Waals surface area contributed by atoms with Gasteiger partial charge < -0.3 is 5.21 Å². The topological polar surface area (TPSA) is 32.6 Å². The lowest BCUT2D eigenvalue weighted by atomic mass is 9.97. The van der Waals surface area contributed by atoms with Crippen molar-refractivity contribution in [2.45, 2.75) is 6.92 Å². The second-order valence-corrected chi connectivity index (χ2v) is 4.03. The highest BCUT2D eigenvalue weighted by Gasteiger charge is 2.04. The first kappa shape index (κ1) is 12.1. The second kappa shape index (κ2) is 5.82. The zero-order valence-electron chi connectivity index (χ0n) is 10.2. The van der Waals surface area contributed by atoms with Crippen LogP contribution in [0, 0.1) is 0 Å². The van der Waals surface area contributed by atoms with Crippen LogP contribution in [0.25, 0.3) is 5.57 Å². The summed E-state index contributed by atoms with van der Waals surface area (Å²) in [4.78, 5) is 0. The van der Waals surface area contributed by atoms with Crippen molar-refractivity contribution in [3.63, 3.8) is 0 Å². The quantitative estimate of drug-likeness (QED) is 0.489. The molecule has 2 rings (SSSR count). The largest absolute Gasteiger partial charge is 0.411 e. The fraction of sp³-hybridized carbons (Fsp3) is 0.0625. The fourth-order valence-corrected chi connectivity index (χ4v) is 1.81. The molecule has 0 saturated heterocycles. The smallest absolute Gasteiger partial charge is 0.0771 e. The van der Waals surface area contributed by atoms with Gasteiger partial charge in [0.15, 0.2) is 0 Å². The van der Waals surface area contributed by atoms with Gasteiger partial charge >= 0.3 is 0 Å². The van der Waals surface area contributed by atoms with Crippen molar-refractivity contribution in [1.82, 2.24) is 0 Å². The molecule has 2 aromatic rings. The lowest BCUT2D eigenvalue weighted by Gasteiger charge is -2.08. The van der Waals surface area contributed by atoms with E-state index in [1.165, 1.54) is 0 Å². The number of benzene rings is 2. The van der Waals surface area contributed by atoms with E-state index in [1.807, 2.05) is 66.7 Å². The molecule has 0 radical (unpaired) electrons. The van der Waals surface area contributed by atoms with Crippen molar-refractivity contribution in [3.05, 3.63) is 77.9 Å². The zero-order chi connectivity index (χ0) is 12.8. The summed E-state index contributed by atoms with van der Waals surface area (Å²) in [5.74, 6) is 0. The van der Waals surface area contributed by atoms with E-state index in [1.54, 1.807) is 6.92 Å². The van der Waals surface area contributed by atoms with E-state index in [-0.39, 0.29) is 0 Å². The molecule has 0 fully saturated rings. The molecule has 0 atom stereocenters. The van der Waals surface area contributed by atoms with Gasteiger partial charge in [-0.05, 0) is 29.7 Å². The molecule has 0 heterocycles. The number of oxime groups is 1. The van der Waals surface area contributed by atoms with Crippen LogP contribution in [-0.2, 0) is 0 Å². The molecule has 0 amide bonds. The predicted octanol–water partition coefficient (Wildman–Crippen LogP) is 3.97. The SMILES string of the molecule is C/C(C=C(c1ccccc1)c1ccccc1)=N\O. The Hall–Kier alpha value is -2.35. The average Bonchev–Trinajstić information content (AvgIpc) is 2.46. The van der Waals surface area contributed by atoms with Crippen molar-refractivity contribution >= 4 is 11.3 Å². The average molecular weight is 237 g/mol. The van der Waals surface area contributed by atoms with Gasteiger partial charge in [0.05, 0.1) is 5.71 Å². The van der Waals surface area contributed by atoms with Crippen LogP contribution in [0.1, 0.15) is 18.1 Å².